The average Bonchev–Trinajstić information content (AvgIpc) is 2.87. The van der Waals surface area contributed by atoms with Gasteiger partial charge in [0.1, 0.15) is 0 Å². The molecule has 0 fully saturated rings. The van der Waals surface area contributed by atoms with Crippen LogP contribution in [0.15, 0.2) is 65.2 Å². The lowest BCUT2D eigenvalue weighted by Gasteiger charge is -2.17. The van der Waals surface area contributed by atoms with Crippen LogP contribution in [0.3, 0.4) is 0 Å². The van der Waals surface area contributed by atoms with Crippen molar-refractivity contribution in [3.8, 4) is 0 Å². The maximum absolute atomic E-state index is 7.77. The number of hydrogen-bond acceptors (Lipinski definition) is 0. The maximum atomic E-state index is 7.77. The Kier molecular flexibility index (Phi) is 2.26. The van der Waals surface area contributed by atoms with Crippen LogP contribution in [-0.2, 0) is 0 Å². The minimum Gasteiger partial charge on any atom is -0.0732 e. The fraction of sp³-hybridized carbons (Fsp3) is 0.200. The largest absolute Gasteiger partial charge is 0.0732 e. The Balaban J connectivity index is 2.05. The topological polar surface area (TPSA) is 0 Å². The van der Waals surface area contributed by atoms with Gasteiger partial charge in [0.25, 0.3) is 0 Å². The van der Waals surface area contributed by atoms with E-state index in [1.807, 2.05) is 18.2 Å². The zero-order valence-corrected chi connectivity index (χ0v) is 10.2. The van der Waals surface area contributed by atoms with Gasteiger partial charge in [-0.05, 0) is 30.3 Å². The summed E-state index contributed by atoms with van der Waals surface area (Å²) in [6.07, 6.45) is 10.3. The molecule has 2 atom stereocenters. The van der Waals surface area contributed by atoms with Crippen molar-refractivity contribution < 1.29 is 1.37 Å². The molecule has 80 valence electrons. The number of hydrogen-bond donors (Lipinski definition) is 0. The SMILES string of the molecule is [2H]c1cccc(P2C(CC)=CC3C=CC=C32)c1. The lowest BCUT2D eigenvalue weighted by Crippen LogP contribution is -2.01. The molecule has 1 heteroatoms. The molecular formula is C15H15P. The first-order valence-corrected chi connectivity index (χ1v) is 7.09. The highest BCUT2D eigenvalue weighted by Gasteiger charge is 2.31. The minimum atomic E-state index is -0.321. The molecule has 0 amide bonds. The average molecular weight is 227 g/mol. The van der Waals surface area contributed by atoms with Crippen LogP contribution in [-0.4, -0.2) is 0 Å². The highest BCUT2D eigenvalue weighted by molar-refractivity contribution is 7.74. The molecule has 16 heavy (non-hydrogen) atoms. The maximum Gasteiger partial charge on any atom is 0.0623 e. The summed E-state index contributed by atoms with van der Waals surface area (Å²) < 4.78 is 7.77. The molecule has 0 N–H and O–H groups in total. The van der Waals surface area contributed by atoms with Gasteiger partial charge in [-0.25, -0.2) is 0 Å². The molecule has 0 saturated heterocycles. The molecular weight excluding hydrogens is 211 g/mol. The molecule has 2 aliphatic rings. The number of fused-ring (bicyclic) bond motifs is 1. The molecule has 0 radical (unpaired) electrons. The molecule has 3 rings (SSSR count). The highest BCUT2D eigenvalue weighted by atomic mass is 31.1. The second kappa shape index (κ2) is 4.03. The molecule has 2 unspecified atom stereocenters. The van der Waals surface area contributed by atoms with E-state index in [1.54, 1.807) is 10.6 Å². The number of rotatable bonds is 2. The van der Waals surface area contributed by atoms with Crippen LogP contribution >= 0.6 is 7.92 Å². The Bertz CT molecular complexity index is 540. The van der Waals surface area contributed by atoms with Gasteiger partial charge in [0, 0.05) is 5.92 Å². The second-order valence-electron chi connectivity index (χ2n) is 4.11. The third-order valence-corrected chi connectivity index (χ3v) is 5.95. The Labute approximate surface area is 99.5 Å². The predicted molar refractivity (Wildman–Crippen MR) is 72.1 cm³/mol. The fourth-order valence-corrected chi connectivity index (χ4v) is 5.13. The van der Waals surface area contributed by atoms with Crippen LogP contribution in [0.5, 0.6) is 0 Å². The quantitative estimate of drug-likeness (QED) is 0.665. The van der Waals surface area contributed by atoms with Crippen LogP contribution in [0.1, 0.15) is 14.7 Å². The lowest BCUT2D eigenvalue weighted by molar-refractivity contribution is 1.06. The second-order valence-corrected chi connectivity index (χ2v) is 6.39. The summed E-state index contributed by atoms with van der Waals surface area (Å²) >= 11 is 0. The normalized spacial score (nSPS) is 27.4. The molecule has 1 aromatic rings. The Morgan fingerprint density at radius 1 is 1.38 bits per heavy atom. The summed E-state index contributed by atoms with van der Waals surface area (Å²) in [5.41, 5.74) is 0. The zero-order valence-electron chi connectivity index (χ0n) is 10.4. The van der Waals surface area contributed by atoms with E-state index in [-0.39, 0.29) is 7.92 Å². The molecule has 0 spiro atoms. The zero-order chi connectivity index (χ0) is 11.8. The first kappa shape index (κ1) is 8.96. The van der Waals surface area contributed by atoms with Gasteiger partial charge in [0.2, 0.25) is 0 Å². The van der Waals surface area contributed by atoms with E-state index in [1.165, 1.54) is 5.30 Å². The van der Waals surface area contributed by atoms with Crippen molar-refractivity contribution >= 4 is 13.2 Å². The van der Waals surface area contributed by atoms with E-state index in [4.69, 9.17) is 1.37 Å². The summed E-state index contributed by atoms with van der Waals surface area (Å²) in [5.74, 6) is 0.533. The minimum absolute atomic E-state index is 0.321. The summed E-state index contributed by atoms with van der Waals surface area (Å²) in [7, 11) is -0.321. The number of allylic oxidation sites excluding steroid dienone is 6. The first-order chi connectivity index (χ1) is 8.29. The number of benzene rings is 1. The third kappa shape index (κ3) is 1.49. The van der Waals surface area contributed by atoms with Crippen molar-refractivity contribution in [2.75, 3.05) is 0 Å². The summed E-state index contributed by atoms with van der Waals surface area (Å²) in [5, 5.41) is 4.44. The summed E-state index contributed by atoms with van der Waals surface area (Å²) in [4.78, 5) is 0. The van der Waals surface area contributed by atoms with Crippen molar-refractivity contribution in [1.29, 1.82) is 0 Å². The van der Waals surface area contributed by atoms with Crippen molar-refractivity contribution in [1.82, 2.24) is 0 Å². The van der Waals surface area contributed by atoms with Gasteiger partial charge in [-0.1, -0.05) is 61.5 Å². The van der Waals surface area contributed by atoms with Gasteiger partial charge in [0.05, 0.1) is 1.37 Å². The van der Waals surface area contributed by atoms with Gasteiger partial charge in [-0.3, -0.25) is 0 Å². The van der Waals surface area contributed by atoms with Crippen molar-refractivity contribution in [3.63, 3.8) is 0 Å². The van der Waals surface area contributed by atoms with E-state index in [9.17, 15) is 0 Å². The van der Waals surface area contributed by atoms with E-state index in [0.29, 0.717) is 12.0 Å². The van der Waals surface area contributed by atoms with Crippen molar-refractivity contribution in [3.05, 3.63) is 65.2 Å². The van der Waals surface area contributed by atoms with Crippen molar-refractivity contribution in [2.24, 2.45) is 5.92 Å². The Morgan fingerprint density at radius 3 is 3.12 bits per heavy atom. The third-order valence-electron chi connectivity index (χ3n) is 3.16. The summed E-state index contributed by atoms with van der Waals surface area (Å²) in [6.45, 7) is 2.23. The van der Waals surface area contributed by atoms with Gasteiger partial charge >= 0.3 is 0 Å². The lowest BCUT2D eigenvalue weighted by atomic mass is 10.1. The first-order valence-electron chi connectivity index (χ1n) is 6.25. The summed E-state index contributed by atoms with van der Waals surface area (Å²) in [6, 6.07) is 8.67. The van der Waals surface area contributed by atoms with Crippen LogP contribution in [0.2, 0.25) is 0 Å². The van der Waals surface area contributed by atoms with Gasteiger partial charge in [0.15, 0.2) is 0 Å². The molecule has 1 heterocycles. The molecule has 0 aromatic heterocycles. The fourth-order valence-electron chi connectivity index (χ4n) is 2.41. The van der Waals surface area contributed by atoms with Gasteiger partial charge < -0.3 is 0 Å². The molecule has 0 bridgehead atoms. The standard InChI is InChI=1S/C15H15P/c1-2-13-11-12-7-6-10-15(12)16(13)14-8-4-3-5-9-14/h3-12H,2H2,1H3/i4D. The van der Waals surface area contributed by atoms with Crippen LogP contribution < -0.4 is 5.30 Å². The van der Waals surface area contributed by atoms with E-state index in [0.717, 1.165) is 6.42 Å². The van der Waals surface area contributed by atoms with Gasteiger partial charge in [-0.2, -0.15) is 0 Å². The van der Waals surface area contributed by atoms with Crippen LogP contribution in [0, 0.1) is 5.92 Å². The van der Waals surface area contributed by atoms with Crippen LogP contribution in [0.25, 0.3) is 0 Å². The molecule has 1 aliphatic carbocycles. The van der Waals surface area contributed by atoms with E-state index in [2.05, 4.69) is 37.3 Å². The molecule has 1 aromatic carbocycles. The van der Waals surface area contributed by atoms with Gasteiger partial charge in [-0.15, -0.1) is 0 Å². The Morgan fingerprint density at radius 2 is 2.31 bits per heavy atom. The van der Waals surface area contributed by atoms with E-state index >= 15 is 0 Å². The van der Waals surface area contributed by atoms with E-state index < -0.39 is 0 Å². The highest BCUT2D eigenvalue weighted by Crippen LogP contribution is 2.62. The molecule has 0 nitrogen and oxygen atoms in total. The van der Waals surface area contributed by atoms with Crippen LogP contribution in [0.4, 0.5) is 0 Å². The molecule has 0 saturated carbocycles. The predicted octanol–water partition coefficient (Wildman–Crippen LogP) is 4.17. The van der Waals surface area contributed by atoms with Crippen molar-refractivity contribution in [2.45, 2.75) is 13.3 Å². The Hall–Kier alpha value is -1.13. The monoisotopic (exact) mass is 227 g/mol. The smallest absolute Gasteiger partial charge is 0.0623 e. The molecule has 1 aliphatic heterocycles.